The van der Waals surface area contributed by atoms with Crippen LogP contribution in [0.25, 0.3) is 87.6 Å². The first-order chi connectivity index (χ1) is 24.0. The van der Waals surface area contributed by atoms with E-state index in [1.807, 2.05) is 53.8 Å². The van der Waals surface area contributed by atoms with Crippen molar-refractivity contribution in [2.45, 2.75) is 0 Å². The zero-order valence-corrected chi connectivity index (χ0v) is 27.6. The lowest BCUT2D eigenvalue weighted by molar-refractivity contribution is 0.795. The average molecular weight is 652 g/mol. The molecule has 0 fully saturated rings. The highest BCUT2D eigenvalue weighted by Crippen LogP contribution is 2.39. The van der Waals surface area contributed by atoms with Crippen molar-refractivity contribution in [3.05, 3.63) is 150 Å². The maximum absolute atomic E-state index is 12.5. The molecule has 0 aliphatic rings. The van der Waals surface area contributed by atoms with E-state index >= 15 is 0 Å². The Balaban J connectivity index is 1.15. The van der Waals surface area contributed by atoms with Crippen molar-refractivity contribution in [1.29, 1.82) is 0 Å². The van der Waals surface area contributed by atoms with Gasteiger partial charge in [-0.3, -0.25) is 9.13 Å². The predicted molar refractivity (Wildman–Crippen MR) is 202 cm³/mol. The molecule has 6 nitrogen and oxygen atoms in total. The molecule has 0 saturated carbocycles. The maximum Gasteiger partial charge on any atom is 0.328 e. The molecule has 0 aliphatic carbocycles. The summed E-state index contributed by atoms with van der Waals surface area (Å²) in [5.41, 5.74) is 8.79. The topological polar surface area (TPSA) is 65.6 Å². The van der Waals surface area contributed by atoms with Crippen LogP contribution in [-0.4, -0.2) is 24.1 Å². The summed E-state index contributed by atoms with van der Waals surface area (Å²) in [7, 11) is 3.61. The average Bonchev–Trinajstić information content (AvgIpc) is 3.64. The van der Waals surface area contributed by atoms with E-state index in [2.05, 4.69) is 97.1 Å². The SMILES string of the molecule is Cn1c(=O)n(C)c2cc(-c3ccc(-c4nc(-c5ccccc5)nc(-c5ccccc5-c5ccc6c(c5)sc5ccccc56)n4)cc3)ccc21. The standard InChI is InChI=1S/C42H29N5OS/c1-46-35-23-21-29(24-36(35)47(2)42(46)48)26-16-18-28(19-17-26)40-43-39(27-10-4-3-5-11-27)44-41(45-40)34-14-7-6-12-31(34)30-20-22-33-32-13-8-9-15-37(32)49-38(33)25-30/h3-25H,1-2H3. The molecule has 0 bridgehead atoms. The van der Waals surface area contributed by atoms with Gasteiger partial charge in [0.25, 0.3) is 0 Å². The molecule has 0 spiro atoms. The van der Waals surface area contributed by atoms with Gasteiger partial charge >= 0.3 is 5.69 Å². The Morgan fingerprint density at radius 2 is 1.02 bits per heavy atom. The van der Waals surface area contributed by atoms with Crippen LogP contribution >= 0.6 is 11.3 Å². The van der Waals surface area contributed by atoms with Gasteiger partial charge in [0.05, 0.1) is 11.0 Å². The molecule has 9 rings (SSSR count). The monoisotopic (exact) mass is 651 g/mol. The first kappa shape index (κ1) is 29.0. The summed E-state index contributed by atoms with van der Waals surface area (Å²) in [5.74, 6) is 1.84. The van der Waals surface area contributed by atoms with Gasteiger partial charge in [0.2, 0.25) is 0 Å². The molecule has 7 heteroatoms. The van der Waals surface area contributed by atoms with E-state index in [1.54, 1.807) is 23.2 Å². The fourth-order valence-corrected chi connectivity index (χ4v) is 7.81. The summed E-state index contributed by atoms with van der Waals surface area (Å²) >= 11 is 1.82. The molecule has 0 radical (unpaired) electrons. The van der Waals surface area contributed by atoms with E-state index < -0.39 is 0 Å². The Hall–Kier alpha value is -6.18. The second-order valence-electron chi connectivity index (χ2n) is 12.2. The number of thiophene rings is 1. The lowest BCUT2D eigenvalue weighted by atomic mass is 9.98. The number of aryl methyl sites for hydroxylation is 2. The van der Waals surface area contributed by atoms with Crippen molar-refractivity contribution in [3.63, 3.8) is 0 Å². The van der Waals surface area contributed by atoms with Crippen LogP contribution in [0.1, 0.15) is 0 Å². The Kier molecular flexibility index (Phi) is 6.81. The molecule has 0 amide bonds. The minimum absolute atomic E-state index is 0.0374. The number of hydrogen-bond acceptors (Lipinski definition) is 5. The van der Waals surface area contributed by atoms with Gasteiger partial charge in [-0.1, -0.05) is 115 Å². The van der Waals surface area contributed by atoms with Crippen molar-refractivity contribution in [2.75, 3.05) is 0 Å². The van der Waals surface area contributed by atoms with Gasteiger partial charge < -0.3 is 0 Å². The van der Waals surface area contributed by atoms with Crippen molar-refractivity contribution in [3.8, 4) is 56.4 Å². The molecule has 9 aromatic rings. The molecule has 0 unspecified atom stereocenters. The minimum Gasteiger partial charge on any atom is -0.295 e. The van der Waals surface area contributed by atoms with Crippen molar-refractivity contribution >= 4 is 42.5 Å². The summed E-state index contributed by atoms with van der Waals surface area (Å²) in [4.78, 5) is 27.6. The fraction of sp³-hybridized carbons (Fsp3) is 0.0476. The Labute approximate surface area is 286 Å². The highest BCUT2D eigenvalue weighted by molar-refractivity contribution is 7.25. The van der Waals surface area contributed by atoms with Crippen LogP contribution in [0.15, 0.2) is 144 Å². The van der Waals surface area contributed by atoms with Crippen molar-refractivity contribution in [1.82, 2.24) is 24.1 Å². The lowest BCUT2D eigenvalue weighted by Crippen LogP contribution is -2.19. The predicted octanol–water partition coefficient (Wildman–Crippen LogP) is 9.76. The van der Waals surface area contributed by atoms with Gasteiger partial charge in [0.15, 0.2) is 17.5 Å². The van der Waals surface area contributed by atoms with Gasteiger partial charge in [-0.15, -0.1) is 11.3 Å². The molecule has 234 valence electrons. The number of rotatable bonds is 5. The quantitative estimate of drug-likeness (QED) is 0.186. The van der Waals surface area contributed by atoms with Gasteiger partial charge in [0.1, 0.15) is 0 Å². The third-order valence-electron chi connectivity index (χ3n) is 9.27. The van der Waals surface area contributed by atoms with Gasteiger partial charge in [-0.25, -0.2) is 19.7 Å². The van der Waals surface area contributed by atoms with E-state index in [4.69, 9.17) is 15.0 Å². The number of benzene rings is 6. The molecule has 3 aromatic heterocycles. The highest BCUT2D eigenvalue weighted by Gasteiger charge is 2.17. The molecule has 0 aliphatic heterocycles. The van der Waals surface area contributed by atoms with Gasteiger partial charge in [0, 0.05) is 51.0 Å². The first-order valence-corrected chi connectivity index (χ1v) is 16.9. The molecule has 0 atom stereocenters. The Morgan fingerprint density at radius 3 is 1.82 bits per heavy atom. The third-order valence-corrected chi connectivity index (χ3v) is 10.4. The summed E-state index contributed by atoms with van der Waals surface area (Å²) in [6.07, 6.45) is 0. The second-order valence-corrected chi connectivity index (χ2v) is 13.3. The molecule has 6 aromatic carbocycles. The van der Waals surface area contributed by atoms with Crippen LogP contribution in [0.5, 0.6) is 0 Å². The van der Waals surface area contributed by atoms with Crippen LogP contribution in [0, 0.1) is 0 Å². The van der Waals surface area contributed by atoms with E-state index in [1.165, 1.54) is 20.2 Å². The van der Waals surface area contributed by atoms with Crippen LogP contribution < -0.4 is 5.69 Å². The molecular formula is C42H29N5OS. The maximum atomic E-state index is 12.5. The zero-order valence-electron chi connectivity index (χ0n) is 26.8. The number of imidazole rings is 1. The zero-order chi connectivity index (χ0) is 33.1. The Bertz CT molecular complexity index is 2760. The summed E-state index contributed by atoms with van der Waals surface area (Å²) < 4.78 is 5.90. The number of aromatic nitrogens is 5. The molecule has 49 heavy (non-hydrogen) atoms. The van der Waals surface area contributed by atoms with E-state index in [0.29, 0.717) is 17.5 Å². The van der Waals surface area contributed by atoms with Gasteiger partial charge in [-0.2, -0.15) is 0 Å². The van der Waals surface area contributed by atoms with Crippen LogP contribution in [-0.2, 0) is 14.1 Å². The Morgan fingerprint density at radius 1 is 0.449 bits per heavy atom. The smallest absolute Gasteiger partial charge is 0.295 e. The van der Waals surface area contributed by atoms with E-state index in [-0.39, 0.29) is 5.69 Å². The highest BCUT2D eigenvalue weighted by atomic mass is 32.1. The first-order valence-electron chi connectivity index (χ1n) is 16.1. The normalized spacial score (nSPS) is 11.6. The number of nitrogens with zero attached hydrogens (tertiary/aromatic N) is 5. The van der Waals surface area contributed by atoms with Crippen LogP contribution in [0.2, 0.25) is 0 Å². The largest absolute Gasteiger partial charge is 0.328 e. The summed E-state index contributed by atoms with van der Waals surface area (Å²) in [6, 6.07) is 48.1. The number of fused-ring (bicyclic) bond motifs is 4. The molecule has 3 heterocycles. The van der Waals surface area contributed by atoms with Gasteiger partial charge in [-0.05, 0) is 46.5 Å². The second kappa shape index (κ2) is 11.5. The third kappa shape index (κ3) is 4.94. The molecular weight excluding hydrogens is 623 g/mol. The van der Waals surface area contributed by atoms with E-state index in [0.717, 1.165) is 50.0 Å². The van der Waals surface area contributed by atoms with Crippen LogP contribution in [0.3, 0.4) is 0 Å². The molecule has 0 saturated heterocycles. The lowest BCUT2D eigenvalue weighted by Gasteiger charge is -2.12. The summed E-state index contributed by atoms with van der Waals surface area (Å²) in [6.45, 7) is 0. The summed E-state index contributed by atoms with van der Waals surface area (Å²) in [5, 5.41) is 2.56. The van der Waals surface area contributed by atoms with Crippen molar-refractivity contribution < 1.29 is 0 Å². The minimum atomic E-state index is -0.0374. The fourth-order valence-electron chi connectivity index (χ4n) is 6.66. The van der Waals surface area contributed by atoms with Crippen molar-refractivity contribution in [2.24, 2.45) is 14.1 Å². The molecule has 0 N–H and O–H groups in total. The van der Waals surface area contributed by atoms with Crippen LogP contribution in [0.4, 0.5) is 0 Å². The van der Waals surface area contributed by atoms with E-state index in [9.17, 15) is 4.79 Å². The number of hydrogen-bond donors (Lipinski definition) is 0.